The third-order valence-electron chi connectivity index (χ3n) is 4.36. The van der Waals surface area contributed by atoms with Gasteiger partial charge in [0.2, 0.25) is 26.0 Å². The number of carbonyl (C=O) groups is 1. The van der Waals surface area contributed by atoms with Crippen LogP contribution in [0.3, 0.4) is 0 Å². The van der Waals surface area contributed by atoms with Gasteiger partial charge in [-0.25, -0.2) is 30.7 Å². The quantitative estimate of drug-likeness (QED) is 0.460. The van der Waals surface area contributed by atoms with E-state index in [2.05, 4.69) is 14.8 Å². The number of hydrogen-bond acceptors (Lipinski definition) is 5. The molecule has 0 atom stereocenters. The Hall–Kier alpha value is -2.34. The fourth-order valence-corrected chi connectivity index (χ4v) is 4.94. The van der Waals surface area contributed by atoms with E-state index >= 15 is 0 Å². The van der Waals surface area contributed by atoms with E-state index in [1.807, 2.05) is 0 Å². The number of benzene rings is 2. The molecule has 162 valence electrons. The Kier molecular flexibility index (Phi) is 6.86. The predicted molar refractivity (Wildman–Crippen MR) is 108 cm³/mol. The van der Waals surface area contributed by atoms with Crippen molar-refractivity contribution in [2.45, 2.75) is 35.1 Å². The second-order valence-corrected chi connectivity index (χ2v) is 10.4. The summed E-state index contributed by atoms with van der Waals surface area (Å²) in [6.07, 6.45) is 1.66. The standard InChI is InChI=1S/C19H22FN3O5S2/c20-15-3-1-14(2-4-15)13-19(24)21-11-12-22-29(25,26)17-7-9-18(10-8-17)30(27,28)23-16-5-6-16/h1-4,7-10,16,22-23H,5-6,11-13H2,(H,21,24). The summed E-state index contributed by atoms with van der Waals surface area (Å²) in [5.74, 6) is -0.711. The fourth-order valence-electron chi connectivity index (χ4n) is 2.61. The van der Waals surface area contributed by atoms with Crippen molar-refractivity contribution in [3.8, 4) is 0 Å². The van der Waals surface area contributed by atoms with Crippen LogP contribution in [-0.4, -0.2) is 41.9 Å². The largest absolute Gasteiger partial charge is 0.355 e. The van der Waals surface area contributed by atoms with Crippen LogP contribution < -0.4 is 14.8 Å². The Morgan fingerprint density at radius 1 is 0.867 bits per heavy atom. The third kappa shape index (κ3) is 6.33. The Balaban J connectivity index is 1.47. The van der Waals surface area contributed by atoms with E-state index < -0.39 is 25.9 Å². The van der Waals surface area contributed by atoms with Crippen LogP contribution >= 0.6 is 0 Å². The average molecular weight is 456 g/mol. The van der Waals surface area contributed by atoms with E-state index in [0.29, 0.717) is 5.56 Å². The molecule has 0 aromatic heterocycles. The SMILES string of the molecule is O=C(Cc1ccc(F)cc1)NCCNS(=O)(=O)c1ccc(S(=O)(=O)NC2CC2)cc1. The van der Waals surface area contributed by atoms with Gasteiger partial charge in [0.1, 0.15) is 5.82 Å². The van der Waals surface area contributed by atoms with Crippen molar-refractivity contribution in [1.29, 1.82) is 0 Å². The number of carbonyl (C=O) groups excluding carboxylic acids is 1. The topological polar surface area (TPSA) is 121 Å². The molecule has 8 nitrogen and oxygen atoms in total. The molecule has 0 aliphatic heterocycles. The molecule has 3 rings (SSSR count). The van der Waals surface area contributed by atoms with Gasteiger partial charge in [0.15, 0.2) is 0 Å². The summed E-state index contributed by atoms with van der Waals surface area (Å²) >= 11 is 0. The summed E-state index contributed by atoms with van der Waals surface area (Å²) in [4.78, 5) is 11.8. The van der Waals surface area contributed by atoms with Crippen molar-refractivity contribution in [3.63, 3.8) is 0 Å². The maximum absolute atomic E-state index is 12.9. The van der Waals surface area contributed by atoms with Gasteiger partial charge in [0.25, 0.3) is 0 Å². The van der Waals surface area contributed by atoms with Gasteiger partial charge in [-0.05, 0) is 54.8 Å². The molecule has 2 aromatic rings. The molecular formula is C19H22FN3O5S2. The number of nitrogens with one attached hydrogen (secondary N) is 3. The number of hydrogen-bond donors (Lipinski definition) is 3. The summed E-state index contributed by atoms with van der Waals surface area (Å²) in [5, 5.41) is 2.58. The average Bonchev–Trinajstić information content (AvgIpc) is 3.50. The van der Waals surface area contributed by atoms with Crippen LogP contribution in [0.15, 0.2) is 58.3 Å². The van der Waals surface area contributed by atoms with Crippen LogP contribution in [0.2, 0.25) is 0 Å². The monoisotopic (exact) mass is 455 g/mol. The van der Waals surface area contributed by atoms with Gasteiger partial charge in [-0.3, -0.25) is 4.79 Å². The zero-order chi connectivity index (χ0) is 21.8. The van der Waals surface area contributed by atoms with Crippen LogP contribution in [-0.2, 0) is 31.3 Å². The molecule has 0 bridgehead atoms. The highest BCUT2D eigenvalue weighted by Crippen LogP contribution is 2.22. The van der Waals surface area contributed by atoms with Gasteiger partial charge >= 0.3 is 0 Å². The molecule has 1 fully saturated rings. The summed E-state index contributed by atoms with van der Waals surface area (Å²) in [7, 11) is -7.50. The van der Waals surface area contributed by atoms with E-state index in [0.717, 1.165) is 12.8 Å². The zero-order valence-corrected chi connectivity index (χ0v) is 17.6. The Bertz CT molecular complexity index is 1100. The van der Waals surface area contributed by atoms with Gasteiger partial charge in [-0.2, -0.15) is 0 Å². The molecule has 0 saturated heterocycles. The lowest BCUT2D eigenvalue weighted by atomic mass is 10.1. The molecule has 1 amide bonds. The molecule has 0 spiro atoms. The lowest BCUT2D eigenvalue weighted by molar-refractivity contribution is -0.120. The number of halogens is 1. The van der Waals surface area contributed by atoms with Crippen LogP contribution in [0.1, 0.15) is 18.4 Å². The molecule has 1 saturated carbocycles. The zero-order valence-electron chi connectivity index (χ0n) is 16.0. The molecule has 1 aliphatic carbocycles. The second-order valence-electron chi connectivity index (χ2n) is 6.92. The lowest BCUT2D eigenvalue weighted by Crippen LogP contribution is -2.35. The van der Waals surface area contributed by atoms with Crippen LogP contribution in [0.5, 0.6) is 0 Å². The van der Waals surface area contributed by atoms with E-state index in [9.17, 15) is 26.0 Å². The van der Waals surface area contributed by atoms with E-state index in [1.54, 1.807) is 0 Å². The maximum Gasteiger partial charge on any atom is 0.240 e. The molecule has 3 N–H and O–H groups in total. The minimum atomic E-state index is -3.85. The first-order chi connectivity index (χ1) is 14.2. The summed E-state index contributed by atoms with van der Waals surface area (Å²) < 4.78 is 66.6. The molecule has 1 aliphatic rings. The number of sulfonamides is 2. The lowest BCUT2D eigenvalue weighted by Gasteiger charge is -2.09. The number of rotatable bonds is 10. The van der Waals surface area contributed by atoms with Gasteiger partial charge in [-0.15, -0.1) is 0 Å². The molecule has 0 radical (unpaired) electrons. The van der Waals surface area contributed by atoms with Crippen molar-refractivity contribution < 1.29 is 26.0 Å². The molecule has 0 unspecified atom stereocenters. The summed E-state index contributed by atoms with van der Waals surface area (Å²) in [5.41, 5.74) is 0.640. The van der Waals surface area contributed by atoms with Crippen molar-refractivity contribution in [1.82, 2.24) is 14.8 Å². The van der Waals surface area contributed by atoms with Crippen LogP contribution in [0, 0.1) is 5.82 Å². The smallest absolute Gasteiger partial charge is 0.240 e. The first-order valence-electron chi connectivity index (χ1n) is 9.29. The molecular weight excluding hydrogens is 433 g/mol. The van der Waals surface area contributed by atoms with E-state index in [-0.39, 0.29) is 41.3 Å². The first-order valence-corrected chi connectivity index (χ1v) is 12.3. The normalized spacial score (nSPS) is 14.4. The third-order valence-corrected chi connectivity index (χ3v) is 7.37. The molecule has 30 heavy (non-hydrogen) atoms. The fraction of sp³-hybridized carbons (Fsp3) is 0.316. The molecule has 11 heteroatoms. The highest BCUT2D eigenvalue weighted by atomic mass is 32.2. The summed E-state index contributed by atoms with van der Waals surface area (Å²) in [6.45, 7) is 0.0256. The van der Waals surface area contributed by atoms with Crippen LogP contribution in [0.4, 0.5) is 4.39 Å². The van der Waals surface area contributed by atoms with Crippen molar-refractivity contribution >= 4 is 26.0 Å². The minimum Gasteiger partial charge on any atom is -0.355 e. The van der Waals surface area contributed by atoms with Crippen LogP contribution in [0.25, 0.3) is 0 Å². The molecule has 2 aromatic carbocycles. The highest BCUT2D eigenvalue weighted by Gasteiger charge is 2.28. The maximum atomic E-state index is 12.9. The minimum absolute atomic E-state index is 0.00130. The first kappa shape index (κ1) is 22.3. The van der Waals surface area contributed by atoms with Gasteiger partial charge in [0, 0.05) is 19.1 Å². The second kappa shape index (κ2) is 9.21. The molecule has 0 heterocycles. The Morgan fingerprint density at radius 2 is 1.43 bits per heavy atom. The van der Waals surface area contributed by atoms with Crippen molar-refractivity contribution in [3.05, 3.63) is 59.9 Å². The Morgan fingerprint density at radius 3 is 2.00 bits per heavy atom. The highest BCUT2D eigenvalue weighted by molar-refractivity contribution is 7.90. The Labute approximate surface area is 175 Å². The van der Waals surface area contributed by atoms with Gasteiger partial charge in [-0.1, -0.05) is 12.1 Å². The van der Waals surface area contributed by atoms with E-state index in [4.69, 9.17) is 0 Å². The van der Waals surface area contributed by atoms with Gasteiger partial charge < -0.3 is 5.32 Å². The number of amides is 1. The predicted octanol–water partition coefficient (Wildman–Crippen LogP) is 0.904. The van der Waals surface area contributed by atoms with E-state index in [1.165, 1.54) is 48.5 Å². The van der Waals surface area contributed by atoms with Crippen molar-refractivity contribution in [2.24, 2.45) is 0 Å². The summed E-state index contributed by atoms with van der Waals surface area (Å²) in [6, 6.07) is 10.4. The van der Waals surface area contributed by atoms with Gasteiger partial charge in [0.05, 0.1) is 16.2 Å². The van der Waals surface area contributed by atoms with Crippen molar-refractivity contribution in [2.75, 3.05) is 13.1 Å².